The van der Waals surface area contributed by atoms with Gasteiger partial charge in [0.05, 0.1) is 9.92 Å². The van der Waals surface area contributed by atoms with Crippen LogP contribution in [0.25, 0.3) is 0 Å². The maximum atomic E-state index is 12.1. The Balaban J connectivity index is 2.15. The summed E-state index contributed by atoms with van der Waals surface area (Å²) in [5, 5.41) is 1.33. The normalized spacial score (nSPS) is 11.6. The highest BCUT2D eigenvalue weighted by atomic mass is 35.5. The molecule has 2 rings (SSSR count). The Hall–Kier alpha value is -0.430. The minimum atomic E-state index is -3.64. The lowest BCUT2D eigenvalue weighted by Gasteiger charge is -2.07. The van der Waals surface area contributed by atoms with Crippen LogP contribution in [0.3, 0.4) is 0 Å². The van der Waals surface area contributed by atoms with Gasteiger partial charge in [0.2, 0.25) is 10.0 Å². The zero-order valence-electron chi connectivity index (χ0n) is 9.81. The van der Waals surface area contributed by atoms with Crippen molar-refractivity contribution in [3.8, 4) is 0 Å². The van der Waals surface area contributed by atoms with Crippen molar-refractivity contribution in [1.82, 2.24) is 4.13 Å². The lowest BCUT2D eigenvalue weighted by atomic mass is 10.4. The van der Waals surface area contributed by atoms with Gasteiger partial charge in [0.25, 0.3) is 0 Å². The zero-order valence-corrected chi connectivity index (χ0v) is 13.7. The molecule has 0 fully saturated rings. The largest absolute Gasteiger partial charge is 0.250 e. The molecule has 0 heterocycles. The van der Waals surface area contributed by atoms with Crippen LogP contribution in [-0.4, -0.2) is 8.42 Å². The van der Waals surface area contributed by atoms with Gasteiger partial charge in [-0.2, -0.15) is 0 Å². The molecule has 3 nitrogen and oxygen atoms in total. The topological polar surface area (TPSA) is 46.2 Å². The van der Waals surface area contributed by atoms with Gasteiger partial charge >= 0.3 is 0 Å². The lowest BCUT2D eigenvalue weighted by Crippen LogP contribution is -2.16. The summed E-state index contributed by atoms with van der Waals surface area (Å²) in [6, 6.07) is 10.7. The predicted molar refractivity (Wildman–Crippen MR) is 84.1 cm³/mol. The van der Waals surface area contributed by atoms with Crippen molar-refractivity contribution < 1.29 is 8.42 Å². The van der Waals surface area contributed by atoms with Gasteiger partial charge in [-0.25, -0.2) is 8.42 Å². The maximum Gasteiger partial charge on any atom is 0.250 e. The second kappa shape index (κ2) is 6.56. The van der Waals surface area contributed by atoms with E-state index in [0.29, 0.717) is 20.0 Å². The second-order valence-electron chi connectivity index (χ2n) is 3.72. The minimum Gasteiger partial charge on any atom is -0.206 e. The summed E-state index contributed by atoms with van der Waals surface area (Å²) in [6.45, 7) is 0. The van der Waals surface area contributed by atoms with Gasteiger partial charge < -0.3 is 0 Å². The highest BCUT2D eigenvalue weighted by molar-refractivity contribution is 8.09. The molecule has 1 N–H and O–H groups in total. The molecule has 0 amide bonds. The van der Waals surface area contributed by atoms with Gasteiger partial charge in [0.15, 0.2) is 0 Å². The fraction of sp³-hybridized carbons (Fsp3) is 0. The molecule has 0 aliphatic heterocycles. The van der Waals surface area contributed by atoms with Crippen molar-refractivity contribution in [3.05, 3.63) is 57.5 Å². The Kier molecular flexibility index (Phi) is 5.23. The van der Waals surface area contributed by atoms with Gasteiger partial charge in [-0.3, -0.25) is 0 Å². The van der Waals surface area contributed by atoms with Crippen LogP contribution in [0.15, 0.2) is 52.3 Å². The van der Waals surface area contributed by atoms with Crippen LogP contribution in [0.4, 0.5) is 0 Å². The van der Waals surface area contributed by atoms with Crippen molar-refractivity contribution in [2.24, 2.45) is 0 Å². The molecule has 0 unspecified atom stereocenters. The van der Waals surface area contributed by atoms with Gasteiger partial charge in [-0.15, -0.1) is 4.13 Å². The van der Waals surface area contributed by atoms with Crippen molar-refractivity contribution >= 4 is 56.8 Å². The van der Waals surface area contributed by atoms with E-state index in [1.165, 1.54) is 24.3 Å². The number of benzene rings is 2. The van der Waals surface area contributed by atoms with E-state index in [4.69, 9.17) is 34.8 Å². The number of hydrogen-bond donors (Lipinski definition) is 1. The molecule has 0 aliphatic carbocycles. The number of sulfonamides is 1. The Morgan fingerprint density at radius 3 is 2.10 bits per heavy atom. The monoisotopic (exact) mass is 367 g/mol. The first-order valence-corrected chi connectivity index (χ1v) is 8.71. The molecule has 0 atom stereocenters. The van der Waals surface area contributed by atoms with Gasteiger partial charge in [0.1, 0.15) is 0 Å². The Morgan fingerprint density at radius 1 is 0.900 bits per heavy atom. The van der Waals surface area contributed by atoms with Crippen LogP contribution in [0, 0.1) is 0 Å². The third-order valence-electron chi connectivity index (χ3n) is 2.28. The van der Waals surface area contributed by atoms with Crippen LogP contribution >= 0.6 is 46.8 Å². The van der Waals surface area contributed by atoms with E-state index in [-0.39, 0.29) is 4.90 Å². The van der Waals surface area contributed by atoms with E-state index in [9.17, 15) is 8.42 Å². The maximum absolute atomic E-state index is 12.1. The first kappa shape index (κ1) is 15.9. The van der Waals surface area contributed by atoms with E-state index in [2.05, 4.69) is 4.13 Å². The molecule has 0 aliphatic rings. The summed E-state index contributed by atoms with van der Waals surface area (Å²) in [6.07, 6.45) is 0. The van der Waals surface area contributed by atoms with E-state index in [0.717, 1.165) is 11.9 Å². The smallest absolute Gasteiger partial charge is 0.206 e. The molecule has 2 aromatic carbocycles. The number of hydrogen-bond acceptors (Lipinski definition) is 3. The van der Waals surface area contributed by atoms with Crippen molar-refractivity contribution in [1.29, 1.82) is 0 Å². The highest BCUT2D eigenvalue weighted by Crippen LogP contribution is 2.29. The minimum absolute atomic E-state index is 0.125. The molecular weight excluding hydrogens is 361 g/mol. The number of nitrogens with one attached hydrogen (secondary N) is 1. The molecule has 8 heteroatoms. The standard InChI is InChI=1S/C12H8Cl3NO2S2/c13-8-1-4-10(5-2-8)20(17,18)16-19-12-6-3-9(14)7-11(12)15/h1-7,16H. The molecule has 2 aromatic rings. The summed E-state index contributed by atoms with van der Waals surface area (Å²) in [4.78, 5) is 0.688. The number of halogens is 3. The molecule has 0 aromatic heterocycles. The highest BCUT2D eigenvalue weighted by Gasteiger charge is 2.15. The van der Waals surface area contributed by atoms with Gasteiger partial charge in [-0.1, -0.05) is 34.8 Å². The average molecular weight is 369 g/mol. The third kappa shape index (κ3) is 4.04. The van der Waals surface area contributed by atoms with Crippen LogP contribution < -0.4 is 4.13 Å². The zero-order chi connectivity index (χ0) is 14.8. The summed E-state index contributed by atoms with van der Waals surface area (Å²) in [5.74, 6) is 0. The van der Waals surface area contributed by atoms with E-state index < -0.39 is 10.0 Å². The van der Waals surface area contributed by atoms with E-state index >= 15 is 0 Å². The third-order valence-corrected chi connectivity index (χ3v) is 5.87. The van der Waals surface area contributed by atoms with Crippen LogP contribution in [0.2, 0.25) is 15.1 Å². The fourth-order valence-corrected chi connectivity index (χ4v) is 3.94. The molecule has 0 saturated heterocycles. The number of rotatable bonds is 4. The first-order chi connectivity index (χ1) is 9.38. The van der Waals surface area contributed by atoms with E-state index in [1.54, 1.807) is 18.2 Å². The summed E-state index contributed by atoms with van der Waals surface area (Å²) in [5.41, 5.74) is 0. The molecule has 20 heavy (non-hydrogen) atoms. The Labute approximate surface area is 136 Å². The Bertz CT molecular complexity index is 718. The fourth-order valence-electron chi connectivity index (χ4n) is 1.32. The van der Waals surface area contributed by atoms with Gasteiger partial charge in [-0.05, 0) is 54.4 Å². The molecule has 0 saturated carbocycles. The molecule has 0 radical (unpaired) electrons. The van der Waals surface area contributed by atoms with E-state index in [1.807, 2.05) is 0 Å². The van der Waals surface area contributed by atoms with Crippen LogP contribution in [0.1, 0.15) is 0 Å². The summed E-state index contributed by atoms with van der Waals surface area (Å²) >= 11 is 18.4. The predicted octanol–water partition coefficient (Wildman–Crippen LogP) is 4.63. The Morgan fingerprint density at radius 2 is 1.50 bits per heavy atom. The van der Waals surface area contributed by atoms with Crippen LogP contribution in [-0.2, 0) is 10.0 Å². The average Bonchev–Trinajstić information content (AvgIpc) is 2.38. The lowest BCUT2D eigenvalue weighted by molar-refractivity contribution is 0.594. The second-order valence-corrected chi connectivity index (χ2v) is 7.79. The quantitative estimate of drug-likeness (QED) is 0.800. The van der Waals surface area contributed by atoms with Crippen molar-refractivity contribution in [2.45, 2.75) is 9.79 Å². The van der Waals surface area contributed by atoms with Crippen molar-refractivity contribution in [2.75, 3.05) is 0 Å². The van der Waals surface area contributed by atoms with Crippen molar-refractivity contribution in [3.63, 3.8) is 0 Å². The molecular formula is C12H8Cl3NO2S2. The molecule has 106 valence electrons. The molecule has 0 bridgehead atoms. The summed E-state index contributed by atoms with van der Waals surface area (Å²) in [7, 11) is -3.64. The molecule has 0 spiro atoms. The van der Waals surface area contributed by atoms with Gasteiger partial charge in [0, 0.05) is 14.9 Å². The SMILES string of the molecule is O=S(=O)(NSc1ccc(Cl)cc1Cl)c1ccc(Cl)cc1. The van der Waals surface area contributed by atoms with Crippen LogP contribution in [0.5, 0.6) is 0 Å². The first-order valence-electron chi connectivity index (χ1n) is 5.28. The summed E-state index contributed by atoms with van der Waals surface area (Å²) < 4.78 is 26.5.